The van der Waals surface area contributed by atoms with Crippen molar-refractivity contribution in [2.24, 2.45) is 5.10 Å². The van der Waals surface area contributed by atoms with Crippen molar-refractivity contribution >= 4 is 35.5 Å². The topological polar surface area (TPSA) is 72.2 Å². The van der Waals surface area contributed by atoms with E-state index in [1.54, 1.807) is 24.3 Å². The van der Waals surface area contributed by atoms with Crippen LogP contribution in [0.15, 0.2) is 89.1 Å². The van der Waals surface area contributed by atoms with Crippen molar-refractivity contribution in [1.29, 1.82) is 0 Å². The van der Waals surface area contributed by atoms with Gasteiger partial charge in [-0.2, -0.15) is 5.10 Å². The van der Waals surface area contributed by atoms with Gasteiger partial charge in [0.05, 0.1) is 12.0 Å². The molecular weight excluding hydrogens is 449 g/mol. The molecule has 0 saturated heterocycles. The van der Waals surface area contributed by atoms with E-state index in [-0.39, 0.29) is 17.5 Å². The van der Waals surface area contributed by atoms with Gasteiger partial charge in [-0.1, -0.05) is 53.7 Å². The first kappa shape index (κ1) is 21.7. The van der Waals surface area contributed by atoms with Crippen LogP contribution < -0.4 is 5.43 Å². The third-order valence-electron chi connectivity index (χ3n) is 4.33. The van der Waals surface area contributed by atoms with Gasteiger partial charge in [0.1, 0.15) is 5.82 Å². The fourth-order valence-corrected chi connectivity index (χ4v) is 3.76. The van der Waals surface area contributed by atoms with Crippen LogP contribution >= 0.6 is 23.4 Å². The van der Waals surface area contributed by atoms with E-state index < -0.39 is 0 Å². The molecular formula is C23H17ClFN5OS. The molecule has 1 N–H and O–H groups in total. The summed E-state index contributed by atoms with van der Waals surface area (Å²) in [5.74, 6) is 0.0253. The summed E-state index contributed by atoms with van der Waals surface area (Å²) in [7, 11) is 0. The minimum Gasteiger partial charge on any atom is -0.272 e. The molecule has 0 fully saturated rings. The molecule has 4 aromatic rings. The van der Waals surface area contributed by atoms with Gasteiger partial charge in [0.15, 0.2) is 11.0 Å². The van der Waals surface area contributed by atoms with Crippen LogP contribution in [-0.2, 0) is 4.79 Å². The van der Waals surface area contributed by atoms with E-state index in [0.29, 0.717) is 21.6 Å². The molecule has 1 heterocycles. The maximum atomic E-state index is 13.2. The van der Waals surface area contributed by atoms with Crippen molar-refractivity contribution in [1.82, 2.24) is 20.2 Å². The molecule has 1 aromatic heterocycles. The van der Waals surface area contributed by atoms with Gasteiger partial charge in [-0.3, -0.25) is 9.36 Å². The molecule has 0 atom stereocenters. The molecule has 160 valence electrons. The predicted octanol–water partition coefficient (Wildman–Crippen LogP) is 4.97. The fourth-order valence-electron chi connectivity index (χ4n) is 2.89. The average Bonchev–Trinajstić information content (AvgIpc) is 3.23. The molecule has 32 heavy (non-hydrogen) atoms. The predicted molar refractivity (Wildman–Crippen MR) is 125 cm³/mol. The van der Waals surface area contributed by atoms with E-state index in [1.807, 2.05) is 47.0 Å². The Kier molecular flexibility index (Phi) is 6.94. The van der Waals surface area contributed by atoms with Crippen LogP contribution in [-0.4, -0.2) is 32.6 Å². The fraction of sp³-hybridized carbons (Fsp3) is 0.0435. The van der Waals surface area contributed by atoms with E-state index in [9.17, 15) is 9.18 Å². The van der Waals surface area contributed by atoms with Gasteiger partial charge in [0.25, 0.3) is 5.91 Å². The SMILES string of the molecule is O=C(CSc1nnc(-c2ccc(Cl)cc2)n1-c1ccccc1)N/N=C\c1cccc(F)c1. The van der Waals surface area contributed by atoms with Crippen molar-refractivity contribution in [3.63, 3.8) is 0 Å². The van der Waals surface area contributed by atoms with Crippen LogP contribution in [0.5, 0.6) is 0 Å². The molecule has 3 aromatic carbocycles. The number of amides is 1. The van der Waals surface area contributed by atoms with Crippen molar-refractivity contribution in [2.45, 2.75) is 5.16 Å². The molecule has 6 nitrogen and oxygen atoms in total. The summed E-state index contributed by atoms with van der Waals surface area (Å²) < 4.78 is 15.1. The van der Waals surface area contributed by atoms with E-state index in [4.69, 9.17) is 11.6 Å². The Morgan fingerprint density at radius 1 is 1.06 bits per heavy atom. The van der Waals surface area contributed by atoms with Gasteiger partial charge in [-0.05, 0) is 54.1 Å². The van der Waals surface area contributed by atoms with Gasteiger partial charge in [-0.25, -0.2) is 9.82 Å². The number of para-hydroxylation sites is 1. The Bertz CT molecular complexity index is 1240. The normalized spacial score (nSPS) is 11.1. The molecule has 0 spiro atoms. The number of halogens is 2. The monoisotopic (exact) mass is 465 g/mol. The van der Waals surface area contributed by atoms with Gasteiger partial charge in [0.2, 0.25) is 0 Å². The largest absolute Gasteiger partial charge is 0.272 e. The van der Waals surface area contributed by atoms with Crippen molar-refractivity contribution in [3.05, 3.63) is 95.3 Å². The number of nitrogens with zero attached hydrogens (tertiary/aromatic N) is 4. The highest BCUT2D eigenvalue weighted by Gasteiger charge is 2.17. The number of thioether (sulfide) groups is 1. The minimum absolute atomic E-state index is 0.0755. The Balaban J connectivity index is 1.49. The highest BCUT2D eigenvalue weighted by Crippen LogP contribution is 2.28. The Labute approximate surface area is 193 Å². The summed E-state index contributed by atoms with van der Waals surface area (Å²) in [6, 6.07) is 22.9. The lowest BCUT2D eigenvalue weighted by atomic mass is 10.2. The van der Waals surface area contributed by atoms with Crippen molar-refractivity contribution < 1.29 is 9.18 Å². The Morgan fingerprint density at radius 2 is 1.84 bits per heavy atom. The number of carbonyl (C=O) groups is 1. The average molecular weight is 466 g/mol. The van der Waals surface area contributed by atoms with Crippen LogP contribution in [0.4, 0.5) is 4.39 Å². The number of hydrazone groups is 1. The van der Waals surface area contributed by atoms with E-state index in [0.717, 1.165) is 11.3 Å². The summed E-state index contributed by atoms with van der Waals surface area (Å²) in [4.78, 5) is 12.2. The summed E-state index contributed by atoms with van der Waals surface area (Å²) >= 11 is 7.25. The second-order valence-corrected chi connectivity index (χ2v) is 8.00. The van der Waals surface area contributed by atoms with Gasteiger partial charge in [-0.15, -0.1) is 10.2 Å². The number of rotatable bonds is 7. The van der Waals surface area contributed by atoms with Crippen LogP contribution in [0.2, 0.25) is 5.02 Å². The van der Waals surface area contributed by atoms with Crippen molar-refractivity contribution in [3.8, 4) is 17.1 Å². The molecule has 0 aliphatic heterocycles. The standard InChI is InChI=1S/C23H17ClFN5OS/c24-18-11-9-17(10-12-18)22-28-29-23(30(22)20-7-2-1-3-8-20)32-15-21(31)27-26-14-16-5-4-6-19(25)13-16/h1-14H,15H2,(H,27,31)/b26-14-. The number of benzene rings is 3. The second kappa shape index (κ2) is 10.2. The molecule has 0 aliphatic carbocycles. The molecule has 0 aliphatic rings. The zero-order valence-electron chi connectivity index (χ0n) is 16.7. The first-order valence-corrected chi connectivity index (χ1v) is 10.9. The summed E-state index contributed by atoms with van der Waals surface area (Å²) in [5.41, 5.74) is 4.71. The Hall–Kier alpha value is -3.49. The van der Waals surface area contributed by atoms with E-state index >= 15 is 0 Å². The van der Waals surface area contributed by atoms with E-state index in [2.05, 4.69) is 20.7 Å². The van der Waals surface area contributed by atoms with Crippen LogP contribution in [0, 0.1) is 5.82 Å². The third-order valence-corrected chi connectivity index (χ3v) is 5.52. The first-order chi connectivity index (χ1) is 15.6. The zero-order valence-corrected chi connectivity index (χ0v) is 18.2. The van der Waals surface area contributed by atoms with Crippen LogP contribution in [0.25, 0.3) is 17.1 Å². The first-order valence-electron chi connectivity index (χ1n) is 9.57. The number of nitrogens with one attached hydrogen (secondary N) is 1. The Morgan fingerprint density at radius 3 is 2.59 bits per heavy atom. The summed E-state index contributed by atoms with van der Waals surface area (Å²) in [6.45, 7) is 0. The molecule has 0 bridgehead atoms. The molecule has 0 saturated carbocycles. The molecule has 9 heteroatoms. The molecule has 1 amide bonds. The smallest absolute Gasteiger partial charge is 0.250 e. The molecule has 0 unspecified atom stereocenters. The van der Waals surface area contributed by atoms with Crippen molar-refractivity contribution in [2.75, 3.05) is 5.75 Å². The maximum absolute atomic E-state index is 13.2. The molecule has 0 radical (unpaired) electrons. The zero-order chi connectivity index (χ0) is 22.3. The number of aromatic nitrogens is 3. The van der Waals surface area contributed by atoms with Gasteiger partial charge in [0, 0.05) is 16.3 Å². The lowest BCUT2D eigenvalue weighted by molar-refractivity contribution is -0.118. The number of carbonyl (C=O) groups excluding carboxylic acids is 1. The highest BCUT2D eigenvalue weighted by molar-refractivity contribution is 7.99. The second-order valence-electron chi connectivity index (χ2n) is 6.62. The van der Waals surface area contributed by atoms with Crippen LogP contribution in [0.1, 0.15) is 5.56 Å². The van der Waals surface area contributed by atoms with Crippen LogP contribution in [0.3, 0.4) is 0 Å². The minimum atomic E-state index is -0.368. The maximum Gasteiger partial charge on any atom is 0.250 e. The highest BCUT2D eigenvalue weighted by atomic mass is 35.5. The van der Waals surface area contributed by atoms with E-state index in [1.165, 1.54) is 30.1 Å². The third kappa shape index (κ3) is 5.40. The number of hydrogen-bond acceptors (Lipinski definition) is 5. The van der Waals surface area contributed by atoms with Gasteiger partial charge < -0.3 is 0 Å². The number of hydrogen-bond donors (Lipinski definition) is 1. The lowest BCUT2D eigenvalue weighted by Gasteiger charge is -2.10. The quantitative estimate of drug-likeness (QED) is 0.237. The molecule has 4 rings (SSSR count). The summed E-state index contributed by atoms with van der Waals surface area (Å²) in [5, 5.41) is 13.7. The van der Waals surface area contributed by atoms with Gasteiger partial charge >= 0.3 is 0 Å². The summed E-state index contributed by atoms with van der Waals surface area (Å²) in [6.07, 6.45) is 1.39. The lowest BCUT2D eigenvalue weighted by Crippen LogP contribution is -2.20.